The second kappa shape index (κ2) is 3.82. The van der Waals surface area contributed by atoms with Gasteiger partial charge >= 0.3 is 5.97 Å². The molecule has 1 aliphatic heterocycles. The Bertz CT molecular complexity index is 434. The van der Waals surface area contributed by atoms with E-state index < -0.39 is 11.5 Å². The van der Waals surface area contributed by atoms with Gasteiger partial charge in [-0.15, -0.1) is 0 Å². The lowest BCUT2D eigenvalue weighted by Gasteiger charge is -2.12. The number of rotatable bonds is 2. The second-order valence-corrected chi connectivity index (χ2v) is 3.49. The fourth-order valence-corrected chi connectivity index (χ4v) is 1.67. The van der Waals surface area contributed by atoms with Crippen LogP contribution in [0.15, 0.2) is 17.3 Å². The van der Waals surface area contributed by atoms with Gasteiger partial charge in [0.2, 0.25) is 0 Å². The van der Waals surface area contributed by atoms with E-state index >= 15 is 0 Å². The molecular formula is C9H11N3O3. The van der Waals surface area contributed by atoms with Crippen LogP contribution in [0.2, 0.25) is 0 Å². The van der Waals surface area contributed by atoms with Crippen LogP contribution >= 0.6 is 0 Å². The van der Waals surface area contributed by atoms with Crippen molar-refractivity contribution in [2.24, 2.45) is 0 Å². The van der Waals surface area contributed by atoms with E-state index in [0.29, 0.717) is 0 Å². The van der Waals surface area contributed by atoms with E-state index in [1.54, 1.807) is 4.57 Å². The lowest BCUT2D eigenvalue weighted by atomic mass is 10.2. The lowest BCUT2D eigenvalue weighted by Crippen LogP contribution is -2.23. The van der Waals surface area contributed by atoms with Crippen molar-refractivity contribution >= 4 is 5.97 Å². The monoisotopic (exact) mass is 209 g/mol. The zero-order chi connectivity index (χ0) is 10.8. The van der Waals surface area contributed by atoms with E-state index in [-0.39, 0.29) is 11.6 Å². The smallest absolute Gasteiger partial charge is 0.342 e. The molecule has 0 saturated carbocycles. The largest absolute Gasteiger partial charge is 0.477 e. The molecule has 1 aliphatic rings. The molecule has 0 aliphatic carbocycles. The number of aromatic carboxylic acids is 1. The number of hydrogen-bond acceptors (Lipinski definition) is 4. The van der Waals surface area contributed by atoms with Crippen molar-refractivity contribution < 1.29 is 9.90 Å². The molecule has 1 aromatic heterocycles. The summed E-state index contributed by atoms with van der Waals surface area (Å²) in [6.45, 7) is 1.68. The second-order valence-electron chi connectivity index (χ2n) is 3.49. The molecule has 0 bridgehead atoms. The van der Waals surface area contributed by atoms with Gasteiger partial charge in [0, 0.05) is 18.8 Å². The molecule has 0 amide bonds. The van der Waals surface area contributed by atoms with Crippen LogP contribution in [0, 0.1) is 0 Å². The zero-order valence-electron chi connectivity index (χ0n) is 8.01. The van der Waals surface area contributed by atoms with E-state index in [9.17, 15) is 9.59 Å². The molecule has 0 radical (unpaired) electrons. The minimum Gasteiger partial charge on any atom is -0.477 e. The first-order valence-electron chi connectivity index (χ1n) is 4.70. The van der Waals surface area contributed by atoms with Gasteiger partial charge in [0.05, 0.1) is 6.33 Å². The van der Waals surface area contributed by atoms with Crippen LogP contribution in [0.1, 0.15) is 22.8 Å². The number of hydrogen-bond donors (Lipinski definition) is 2. The van der Waals surface area contributed by atoms with Crippen molar-refractivity contribution in [2.45, 2.75) is 12.5 Å². The van der Waals surface area contributed by atoms with Gasteiger partial charge in [-0.25, -0.2) is 4.79 Å². The SMILES string of the molecule is O=C(O)c1cn(C2CCNC2)cnc1=O. The molecule has 15 heavy (non-hydrogen) atoms. The Labute approximate surface area is 85.6 Å². The van der Waals surface area contributed by atoms with Gasteiger partial charge in [-0.05, 0) is 13.0 Å². The summed E-state index contributed by atoms with van der Waals surface area (Å²) in [5.41, 5.74) is -0.964. The van der Waals surface area contributed by atoms with E-state index in [1.807, 2.05) is 0 Å². The summed E-state index contributed by atoms with van der Waals surface area (Å²) in [6.07, 6.45) is 3.67. The first-order chi connectivity index (χ1) is 7.18. The lowest BCUT2D eigenvalue weighted by molar-refractivity contribution is 0.0693. The van der Waals surface area contributed by atoms with Gasteiger partial charge in [0.1, 0.15) is 5.56 Å². The Kier molecular flexibility index (Phi) is 2.51. The molecule has 1 atom stereocenters. The number of carboxylic acids is 1. The summed E-state index contributed by atoms with van der Waals surface area (Å²) < 4.78 is 1.69. The Morgan fingerprint density at radius 1 is 1.67 bits per heavy atom. The average molecular weight is 209 g/mol. The molecule has 6 nitrogen and oxygen atoms in total. The molecule has 80 valence electrons. The van der Waals surface area contributed by atoms with E-state index in [1.165, 1.54) is 12.5 Å². The van der Waals surface area contributed by atoms with Crippen molar-refractivity contribution in [1.82, 2.24) is 14.9 Å². The molecule has 2 heterocycles. The molecule has 1 aromatic rings. The number of carboxylic acid groups (broad SMARTS) is 1. The Balaban J connectivity index is 2.37. The van der Waals surface area contributed by atoms with E-state index in [4.69, 9.17) is 5.11 Å². The van der Waals surface area contributed by atoms with Crippen LogP contribution in [0.5, 0.6) is 0 Å². The maximum Gasteiger partial charge on any atom is 0.342 e. The fraction of sp³-hybridized carbons (Fsp3) is 0.444. The minimum absolute atomic E-state index is 0.191. The molecule has 6 heteroatoms. The van der Waals surface area contributed by atoms with Gasteiger partial charge in [-0.2, -0.15) is 4.98 Å². The number of nitrogens with one attached hydrogen (secondary N) is 1. The Morgan fingerprint density at radius 3 is 3.07 bits per heavy atom. The van der Waals surface area contributed by atoms with Crippen LogP contribution in [-0.2, 0) is 0 Å². The molecule has 1 fully saturated rings. The van der Waals surface area contributed by atoms with Crippen LogP contribution in [-0.4, -0.2) is 33.7 Å². The first kappa shape index (κ1) is 9.85. The Hall–Kier alpha value is -1.69. The highest BCUT2D eigenvalue weighted by atomic mass is 16.4. The number of carbonyl (C=O) groups is 1. The molecule has 0 spiro atoms. The molecular weight excluding hydrogens is 198 g/mol. The van der Waals surface area contributed by atoms with Crippen molar-refractivity contribution in [2.75, 3.05) is 13.1 Å². The molecule has 2 N–H and O–H groups in total. The van der Waals surface area contributed by atoms with Crippen molar-refractivity contribution in [1.29, 1.82) is 0 Å². The first-order valence-corrected chi connectivity index (χ1v) is 4.70. The fourth-order valence-electron chi connectivity index (χ4n) is 1.67. The molecule has 2 rings (SSSR count). The standard InChI is InChI=1S/C9H11N3O3/c13-8-7(9(14)15)4-12(5-11-8)6-1-2-10-3-6/h4-6,10H,1-3H2,(H,14,15). The van der Waals surface area contributed by atoms with Gasteiger partial charge in [-0.3, -0.25) is 4.79 Å². The predicted octanol–water partition coefficient (Wildman–Crippen LogP) is -0.524. The highest BCUT2D eigenvalue weighted by molar-refractivity contribution is 5.86. The third-order valence-corrected chi connectivity index (χ3v) is 2.50. The Morgan fingerprint density at radius 2 is 2.47 bits per heavy atom. The van der Waals surface area contributed by atoms with Crippen molar-refractivity contribution in [3.05, 3.63) is 28.4 Å². The molecule has 1 unspecified atom stereocenters. The van der Waals surface area contributed by atoms with E-state index in [2.05, 4.69) is 10.3 Å². The maximum atomic E-state index is 11.1. The minimum atomic E-state index is -1.23. The third kappa shape index (κ3) is 1.89. The quantitative estimate of drug-likeness (QED) is 0.684. The normalized spacial score (nSPS) is 20.4. The molecule has 1 saturated heterocycles. The van der Waals surface area contributed by atoms with Crippen LogP contribution in [0.3, 0.4) is 0 Å². The number of nitrogens with zero attached hydrogens (tertiary/aromatic N) is 2. The third-order valence-electron chi connectivity index (χ3n) is 2.50. The predicted molar refractivity (Wildman–Crippen MR) is 52.0 cm³/mol. The average Bonchev–Trinajstić information content (AvgIpc) is 2.71. The maximum absolute atomic E-state index is 11.1. The van der Waals surface area contributed by atoms with Gasteiger partial charge in [0.25, 0.3) is 5.56 Å². The van der Waals surface area contributed by atoms with Crippen LogP contribution in [0.4, 0.5) is 0 Å². The summed E-state index contributed by atoms with van der Waals surface area (Å²) in [5, 5.41) is 11.9. The summed E-state index contributed by atoms with van der Waals surface area (Å²) in [5.74, 6) is -1.23. The van der Waals surface area contributed by atoms with Gasteiger partial charge < -0.3 is 15.0 Å². The summed E-state index contributed by atoms with van der Waals surface area (Å²) in [7, 11) is 0. The number of aromatic nitrogens is 2. The van der Waals surface area contributed by atoms with E-state index in [0.717, 1.165) is 19.5 Å². The van der Waals surface area contributed by atoms with Crippen molar-refractivity contribution in [3.63, 3.8) is 0 Å². The highest BCUT2D eigenvalue weighted by Crippen LogP contribution is 2.13. The van der Waals surface area contributed by atoms with Crippen LogP contribution < -0.4 is 10.9 Å². The molecule has 0 aromatic carbocycles. The summed E-state index contributed by atoms with van der Waals surface area (Å²) in [4.78, 5) is 25.4. The summed E-state index contributed by atoms with van der Waals surface area (Å²) >= 11 is 0. The van der Waals surface area contributed by atoms with Crippen LogP contribution in [0.25, 0.3) is 0 Å². The van der Waals surface area contributed by atoms with Gasteiger partial charge in [-0.1, -0.05) is 0 Å². The highest BCUT2D eigenvalue weighted by Gasteiger charge is 2.18. The van der Waals surface area contributed by atoms with Gasteiger partial charge in [0.15, 0.2) is 0 Å². The summed E-state index contributed by atoms with van der Waals surface area (Å²) in [6, 6.07) is 0.191. The topological polar surface area (TPSA) is 84.2 Å². The van der Waals surface area contributed by atoms with Crippen molar-refractivity contribution in [3.8, 4) is 0 Å². The zero-order valence-corrected chi connectivity index (χ0v) is 8.01.